The number of nitrogens with zero attached hydrogens (tertiary/aromatic N) is 1. The molecular weight excluding hydrogens is 366 g/mol. The van der Waals surface area contributed by atoms with Crippen molar-refractivity contribution in [2.24, 2.45) is 17.3 Å². The van der Waals surface area contributed by atoms with Crippen molar-refractivity contribution in [1.29, 1.82) is 0 Å². The predicted octanol–water partition coefficient (Wildman–Crippen LogP) is 4.05. The number of benzene rings is 1. The Hall–Kier alpha value is -2.43. The molecule has 5 nitrogen and oxygen atoms in total. The number of carboxylic acid groups (broad SMARTS) is 1. The molecule has 156 valence electrons. The van der Waals surface area contributed by atoms with Crippen LogP contribution in [0.1, 0.15) is 58.4 Å². The van der Waals surface area contributed by atoms with Crippen LogP contribution >= 0.6 is 0 Å². The number of hydrogen-bond donors (Lipinski definition) is 1. The van der Waals surface area contributed by atoms with Crippen LogP contribution in [0.5, 0.6) is 0 Å². The largest absolute Gasteiger partial charge is 0.481 e. The molecule has 0 unspecified atom stereocenters. The summed E-state index contributed by atoms with van der Waals surface area (Å²) in [5.41, 5.74) is 2.21. The molecule has 1 aromatic rings. The predicted molar refractivity (Wildman–Crippen MR) is 111 cm³/mol. The van der Waals surface area contributed by atoms with Gasteiger partial charge in [-0.2, -0.15) is 0 Å². The van der Waals surface area contributed by atoms with Gasteiger partial charge in [-0.25, -0.2) is 0 Å². The summed E-state index contributed by atoms with van der Waals surface area (Å²) in [5.74, 6) is -3.46. The fourth-order valence-electron chi connectivity index (χ4n) is 5.19. The molecule has 0 aliphatic heterocycles. The Balaban J connectivity index is 2.19. The molecule has 0 fully saturated rings. The van der Waals surface area contributed by atoms with Gasteiger partial charge in [0, 0.05) is 31.0 Å². The summed E-state index contributed by atoms with van der Waals surface area (Å²) in [6.45, 7) is 8.89. The highest BCUT2D eigenvalue weighted by Gasteiger charge is 2.51. The van der Waals surface area contributed by atoms with E-state index in [9.17, 15) is 19.5 Å². The van der Waals surface area contributed by atoms with Crippen molar-refractivity contribution in [2.75, 3.05) is 13.1 Å². The van der Waals surface area contributed by atoms with Gasteiger partial charge in [-0.15, -0.1) is 0 Å². The third-order valence-corrected chi connectivity index (χ3v) is 6.44. The summed E-state index contributed by atoms with van der Waals surface area (Å²) in [6, 6.07) is 9.56. The number of hydrogen-bond acceptors (Lipinski definition) is 3. The van der Waals surface area contributed by atoms with Gasteiger partial charge in [-0.3, -0.25) is 14.4 Å². The van der Waals surface area contributed by atoms with Gasteiger partial charge in [0.05, 0.1) is 11.8 Å². The van der Waals surface area contributed by atoms with Crippen molar-refractivity contribution in [3.63, 3.8) is 0 Å². The highest BCUT2D eigenvalue weighted by molar-refractivity contribution is 6.05. The van der Waals surface area contributed by atoms with Gasteiger partial charge in [-0.1, -0.05) is 49.8 Å². The molecule has 1 aromatic carbocycles. The zero-order chi connectivity index (χ0) is 21.3. The van der Waals surface area contributed by atoms with Crippen molar-refractivity contribution in [3.8, 4) is 0 Å². The standard InChI is InChI=1S/C24H31NO4/c1-5-25(6-2)22(27)21-19-16(13-24(3,4)14-18(19)26)12-17(20(21)23(28)29)15-10-8-7-9-11-15/h7-11,17,20-21H,5-6,12-14H2,1-4H3,(H,28,29)/t17-,20+,21-/m1/s1. The first-order valence-electron chi connectivity index (χ1n) is 10.5. The lowest BCUT2D eigenvalue weighted by molar-refractivity contribution is -0.151. The van der Waals surface area contributed by atoms with Crippen LogP contribution in [0.4, 0.5) is 0 Å². The lowest BCUT2D eigenvalue weighted by Gasteiger charge is -2.44. The van der Waals surface area contributed by atoms with E-state index in [0.717, 1.165) is 17.6 Å². The zero-order valence-corrected chi connectivity index (χ0v) is 17.8. The maximum Gasteiger partial charge on any atom is 0.308 e. The number of allylic oxidation sites excluding steroid dienone is 1. The molecule has 1 amide bonds. The van der Waals surface area contributed by atoms with Crippen molar-refractivity contribution in [1.82, 2.24) is 4.90 Å². The summed E-state index contributed by atoms with van der Waals surface area (Å²) in [6.07, 6.45) is 1.61. The number of rotatable bonds is 5. The molecule has 0 saturated carbocycles. The topological polar surface area (TPSA) is 74.7 Å². The zero-order valence-electron chi connectivity index (χ0n) is 17.8. The second-order valence-electron chi connectivity index (χ2n) is 9.03. The van der Waals surface area contributed by atoms with Crippen molar-refractivity contribution < 1.29 is 19.5 Å². The van der Waals surface area contributed by atoms with E-state index in [4.69, 9.17) is 0 Å². The lowest BCUT2D eigenvalue weighted by atomic mass is 9.59. The van der Waals surface area contributed by atoms with Crippen LogP contribution in [0.15, 0.2) is 41.5 Å². The molecule has 5 heteroatoms. The minimum absolute atomic E-state index is 0.0560. The van der Waals surface area contributed by atoms with Crippen molar-refractivity contribution in [2.45, 2.75) is 52.9 Å². The second kappa shape index (κ2) is 8.13. The number of carbonyl (C=O) groups excluding carboxylic acids is 2. The molecule has 0 saturated heterocycles. The Morgan fingerprint density at radius 3 is 2.28 bits per heavy atom. The molecule has 3 atom stereocenters. The van der Waals surface area contributed by atoms with Crippen LogP contribution in [0.2, 0.25) is 0 Å². The van der Waals surface area contributed by atoms with Gasteiger partial charge in [0.25, 0.3) is 0 Å². The average molecular weight is 398 g/mol. The van der Waals surface area contributed by atoms with Crippen LogP contribution in [0, 0.1) is 17.3 Å². The monoisotopic (exact) mass is 397 g/mol. The number of aliphatic carboxylic acids is 1. The van der Waals surface area contributed by atoms with Crippen LogP contribution in [0.3, 0.4) is 0 Å². The second-order valence-corrected chi connectivity index (χ2v) is 9.03. The van der Waals surface area contributed by atoms with Crippen molar-refractivity contribution >= 4 is 17.7 Å². The molecule has 2 aliphatic carbocycles. The summed E-state index contributed by atoms with van der Waals surface area (Å²) in [5, 5.41) is 10.2. The number of carbonyl (C=O) groups is 3. The Morgan fingerprint density at radius 2 is 1.72 bits per heavy atom. The fourth-order valence-corrected chi connectivity index (χ4v) is 5.19. The molecular formula is C24H31NO4. The summed E-state index contributed by atoms with van der Waals surface area (Å²) in [7, 11) is 0. The van der Waals surface area contributed by atoms with E-state index in [1.54, 1.807) is 4.90 Å². The number of Topliss-reactive ketones (excluding diaryl/α,β-unsaturated/α-hetero) is 1. The third kappa shape index (κ3) is 4.00. The van der Waals surface area contributed by atoms with E-state index in [-0.39, 0.29) is 23.0 Å². The molecule has 2 aliphatic rings. The van der Waals surface area contributed by atoms with Crippen molar-refractivity contribution in [3.05, 3.63) is 47.0 Å². The van der Waals surface area contributed by atoms with Crippen LogP contribution in [-0.4, -0.2) is 40.8 Å². The summed E-state index contributed by atoms with van der Waals surface area (Å²) < 4.78 is 0. The van der Waals surface area contributed by atoms with Gasteiger partial charge in [0.15, 0.2) is 5.78 Å². The smallest absolute Gasteiger partial charge is 0.308 e. The van der Waals surface area contributed by atoms with Crippen LogP contribution in [-0.2, 0) is 14.4 Å². The first-order valence-corrected chi connectivity index (χ1v) is 10.5. The van der Waals surface area contributed by atoms with Gasteiger partial charge < -0.3 is 10.0 Å². The molecule has 0 bridgehead atoms. The quantitative estimate of drug-likeness (QED) is 0.813. The Morgan fingerprint density at radius 1 is 1.10 bits per heavy atom. The normalized spacial score (nSPS) is 26.1. The molecule has 29 heavy (non-hydrogen) atoms. The van der Waals surface area contributed by atoms with Gasteiger partial charge in [-0.05, 0) is 37.7 Å². The fraction of sp³-hybridized carbons (Fsp3) is 0.542. The molecule has 0 radical (unpaired) electrons. The van der Waals surface area contributed by atoms with E-state index in [2.05, 4.69) is 13.8 Å². The van der Waals surface area contributed by atoms with Gasteiger partial charge in [0.1, 0.15) is 0 Å². The molecule has 0 heterocycles. The average Bonchev–Trinajstić information content (AvgIpc) is 2.66. The third-order valence-electron chi connectivity index (χ3n) is 6.44. The SMILES string of the molecule is CCN(CC)C(=O)[C@@H]1C2=C(C[C@H](c3ccccc3)[C@@H]1C(=O)O)CC(C)(C)CC2=O. The van der Waals surface area contributed by atoms with E-state index >= 15 is 0 Å². The highest BCUT2D eigenvalue weighted by Crippen LogP contribution is 2.51. The van der Waals surface area contributed by atoms with E-state index < -0.39 is 17.8 Å². The first-order chi connectivity index (χ1) is 13.7. The molecule has 0 spiro atoms. The summed E-state index contributed by atoms with van der Waals surface area (Å²) >= 11 is 0. The first kappa shape index (κ1) is 21.3. The maximum absolute atomic E-state index is 13.5. The van der Waals surface area contributed by atoms with E-state index in [0.29, 0.717) is 31.5 Å². The molecule has 0 aromatic heterocycles. The van der Waals surface area contributed by atoms with E-state index in [1.807, 2.05) is 44.2 Å². The molecule has 1 N–H and O–H groups in total. The highest BCUT2D eigenvalue weighted by atomic mass is 16.4. The number of carboxylic acids is 1. The Kier molecular flexibility index (Phi) is 5.97. The Labute approximate surface area is 172 Å². The minimum atomic E-state index is -1.01. The molecule has 3 rings (SSSR count). The number of amides is 1. The van der Waals surface area contributed by atoms with Gasteiger partial charge >= 0.3 is 5.97 Å². The van der Waals surface area contributed by atoms with Crippen LogP contribution < -0.4 is 0 Å². The Bertz CT molecular complexity index is 836. The van der Waals surface area contributed by atoms with Crippen LogP contribution in [0.25, 0.3) is 0 Å². The number of ketones is 1. The maximum atomic E-state index is 13.5. The summed E-state index contributed by atoms with van der Waals surface area (Å²) in [4.78, 5) is 40.8. The van der Waals surface area contributed by atoms with E-state index in [1.165, 1.54) is 0 Å². The minimum Gasteiger partial charge on any atom is -0.481 e. The van der Waals surface area contributed by atoms with Gasteiger partial charge in [0.2, 0.25) is 5.91 Å². The lowest BCUT2D eigenvalue weighted by Crippen LogP contribution is -2.48.